The highest BCUT2D eigenvalue weighted by Crippen LogP contribution is 2.19. The van der Waals surface area contributed by atoms with Crippen LogP contribution in [0.4, 0.5) is 0 Å². The summed E-state index contributed by atoms with van der Waals surface area (Å²) in [5, 5.41) is 0. The van der Waals surface area contributed by atoms with E-state index < -0.39 is 0 Å². The summed E-state index contributed by atoms with van der Waals surface area (Å²) in [4.78, 5) is 24.1. The predicted octanol–water partition coefficient (Wildman–Crippen LogP) is 1.57. The standard InChI is InChI=1S/C12H15NO3/c1-9-12(10(7-14)8-16-9)6-13-4-2-11(15)3-5-13/h7-8H,2-6H2,1H3. The fourth-order valence-electron chi connectivity index (χ4n) is 1.98. The molecule has 1 aliphatic rings. The normalized spacial score (nSPS) is 17.7. The van der Waals surface area contributed by atoms with E-state index in [-0.39, 0.29) is 0 Å². The molecule has 2 heterocycles. The molecule has 2 rings (SSSR count). The third-order valence-corrected chi connectivity index (χ3v) is 3.06. The van der Waals surface area contributed by atoms with Crippen molar-refractivity contribution in [1.82, 2.24) is 4.90 Å². The zero-order valence-corrected chi connectivity index (χ0v) is 9.36. The van der Waals surface area contributed by atoms with Gasteiger partial charge in [0.2, 0.25) is 0 Å². The van der Waals surface area contributed by atoms with E-state index in [0.29, 0.717) is 30.7 Å². The summed E-state index contributed by atoms with van der Waals surface area (Å²) in [5.41, 5.74) is 1.57. The predicted molar refractivity (Wildman–Crippen MR) is 58.4 cm³/mol. The molecule has 1 aromatic rings. The van der Waals surface area contributed by atoms with Gasteiger partial charge in [-0.1, -0.05) is 0 Å². The minimum Gasteiger partial charge on any atom is -0.469 e. The molecule has 16 heavy (non-hydrogen) atoms. The molecule has 86 valence electrons. The van der Waals surface area contributed by atoms with Crippen LogP contribution in [0.5, 0.6) is 0 Å². The lowest BCUT2D eigenvalue weighted by molar-refractivity contribution is -0.121. The van der Waals surface area contributed by atoms with E-state index >= 15 is 0 Å². The molecule has 0 atom stereocenters. The van der Waals surface area contributed by atoms with E-state index in [1.807, 2.05) is 6.92 Å². The van der Waals surface area contributed by atoms with Gasteiger partial charge in [-0.2, -0.15) is 0 Å². The van der Waals surface area contributed by atoms with Crippen molar-refractivity contribution in [1.29, 1.82) is 0 Å². The van der Waals surface area contributed by atoms with Crippen LogP contribution in [0.3, 0.4) is 0 Å². The second kappa shape index (κ2) is 4.61. The van der Waals surface area contributed by atoms with Gasteiger partial charge in [0, 0.05) is 38.0 Å². The average molecular weight is 221 g/mol. The molecule has 1 aliphatic heterocycles. The first-order chi connectivity index (χ1) is 7.70. The van der Waals surface area contributed by atoms with Gasteiger partial charge in [-0.25, -0.2) is 0 Å². The summed E-state index contributed by atoms with van der Waals surface area (Å²) < 4.78 is 5.22. The number of likely N-dealkylation sites (tertiary alicyclic amines) is 1. The van der Waals surface area contributed by atoms with E-state index in [4.69, 9.17) is 4.42 Å². The molecule has 1 saturated heterocycles. The number of carbonyl (C=O) groups is 2. The first kappa shape index (κ1) is 11.1. The molecular formula is C12H15NO3. The number of aryl methyl sites for hydroxylation is 1. The number of aldehydes is 1. The molecule has 1 aromatic heterocycles. The first-order valence-electron chi connectivity index (χ1n) is 5.47. The van der Waals surface area contributed by atoms with Crippen molar-refractivity contribution in [2.75, 3.05) is 13.1 Å². The first-order valence-corrected chi connectivity index (χ1v) is 5.47. The molecular weight excluding hydrogens is 206 g/mol. The maximum Gasteiger partial charge on any atom is 0.153 e. The summed E-state index contributed by atoms with van der Waals surface area (Å²) >= 11 is 0. The summed E-state index contributed by atoms with van der Waals surface area (Å²) in [6, 6.07) is 0. The topological polar surface area (TPSA) is 50.5 Å². The molecule has 4 heteroatoms. The molecule has 0 aliphatic carbocycles. The van der Waals surface area contributed by atoms with Gasteiger partial charge in [0.25, 0.3) is 0 Å². The van der Waals surface area contributed by atoms with Crippen LogP contribution < -0.4 is 0 Å². The van der Waals surface area contributed by atoms with Crippen LogP contribution in [0.25, 0.3) is 0 Å². The van der Waals surface area contributed by atoms with Crippen LogP contribution in [0.1, 0.15) is 34.5 Å². The van der Waals surface area contributed by atoms with Crippen LogP contribution in [0.15, 0.2) is 10.7 Å². The number of hydrogen-bond donors (Lipinski definition) is 0. The van der Waals surface area contributed by atoms with Gasteiger partial charge in [0.15, 0.2) is 6.29 Å². The van der Waals surface area contributed by atoms with Gasteiger partial charge in [0.05, 0.1) is 5.56 Å². The lowest BCUT2D eigenvalue weighted by atomic mass is 10.1. The van der Waals surface area contributed by atoms with Gasteiger partial charge in [-0.05, 0) is 6.92 Å². The third-order valence-electron chi connectivity index (χ3n) is 3.06. The molecule has 0 unspecified atom stereocenters. The van der Waals surface area contributed by atoms with Crippen molar-refractivity contribution in [3.63, 3.8) is 0 Å². The van der Waals surface area contributed by atoms with Crippen molar-refractivity contribution in [2.24, 2.45) is 0 Å². The Morgan fingerprint density at radius 3 is 2.75 bits per heavy atom. The van der Waals surface area contributed by atoms with E-state index in [1.54, 1.807) is 0 Å². The number of furan rings is 1. The minimum atomic E-state index is 0.329. The Morgan fingerprint density at radius 1 is 1.44 bits per heavy atom. The lowest BCUT2D eigenvalue weighted by Crippen LogP contribution is -2.33. The Bertz CT molecular complexity index is 398. The van der Waals surface area contributed by atoms with Crippen LogP contribution in [0, 0.1) is 6.92 Å². The van der Waals surface area contributed by atoms with Crippen molar-refractivity contribution < 1.29 is 14.0 Å². The molecule has 0 saturated carbocycles. The van der Waals surface area contributed by atoms with E-state index in [2.05, 4.69) is 4.90 Å². The molecule has 1 fully saturated rings. The highest BCUT2D eigenvalue weighted by Gasteiger charge is 2.19. The maximum absolute atomic E-state index is 11.1. The van der Waals surface area contributed by atoms with Crippen LogP contribution in [-0.4, -0.2) is 30.1 Å². The molecule has 0 amide bonds. The number of piperidine rings is 1. The summed E-state index contributed by atoms with van der Waals surface area (Å²) in [5.74, 6) is 1.12. The van der Waals surface area contributed by atoms with Crippen molar-refractivity contribution in [3.8, 4) is 0 Å². The lowest BCUT2D eigenvalue weighted by Gasteiger charge is -2.25. The van der Waals surface area contributed by atoms with Gasteiger partial charge >= 0.3 is 0 Å². The SMILES string of the molecule is Cc1occ(C=O)c1CN1CCC(=O)CC1. The Hall–Kier alpha value is -1.42. The molecule has 0 bridgehead atoms. The Kier molecular flexibility index (Phi) is 3.19. The number of hydrogen-bond acceptors (Lipinski definition) is 4. The molecule has 0 radical (unpaired) electrons. The number of carbonyl (C=O) groups excluding carboxylic acids is 2. The number of rotatable bonds is 3. The zero-order valence-electron chi connectivity index (χ0n) is 9.36. The largest absolute Gasteiger partial charge is 0.469 e. The zero-order chi connectivity index (χ0) is 11.5. The number of Topliss-reactive ketones (excluding diaryl/α,β-unsaturated/α-hetero) is 1. The fourth-order valence-corrected chi connectivity index (χ4v) is 1.98. The highest BCUT2D eigenvalue weighted by molar-refractivity contribution is 5.79. The minimum absolute atomic E-state index is 0.329. The van der Waals surface area contributed by atoms with Crippen molar-refractivity contribution >= 4 is 12.1 Å². The van der Waals surface area contributed by atoms with E-state index in [1.165, 1.54) is 6.26 Å². The maximum atomic E-state index is 11.1. The summed E-state index contributed by atoms with van der Waals surface area (Å²) in [7, 11) is 0. The second-order valence-corrected chi connectivity index (χ2v) is 4.16. The smallest absolute Gasteiger partial charge is 0.153 e. The van der Waals surface area contributed by atoms with Gasteiger partial charge < -0.3 is 4.42 Å². The Balaban J connectivity index is 2.05. The molecule has 0 aromatic carbocycles. The van der Waals surface area contributed by atoms with Gasteiger partial charge in [-0.3, -0.25) is 14.5 Å². The van der Waals surface area contributed by atoms with E-state index in [9.17, 15) is 9.59 Å². The van der Waals surface area contributed by atoms with Crippen molar-refractivity contribution in [2.45, 2.75) is 26.3 Å². The summed E-state index contributed by atoms with van der Waals surface area (Å²) in [6.07, 6.45) is 3.55. The monoisotopic (exact) mass is 221 g/mol. The van der Waals surface area contributed by atoms with Crippen LogP contribution >= 0.6 is 0 Å². The molecule has 0 N–H and O–H groups in total. The average Bonchev–Trinajstić information content (AvgIpc) is 2.63. The van der Waals surface area contributed by atoms with E-state index in [0.717, 1.165) is 30.7 Å². The Morgan fingerprint density at radius 2 is 2.12 bits per heavy atom. The Labute approximate surface area is 94.2 Å². The molecule has 0 spiro atoms. The summed E-state index contributed by atoms with van der Waals surface area (Å²) in [6.45, 7) is 4.12. The second-order valence-electron chi connectivity index (χ2n) is 4.16. The number of nitrogens with zero attached hydrogens (tertiary/aromatic N) is 1. The van der Waals surface area contributed by atoms with Crippen molar-refractivity contribution in [3.05, 3.63) is 23.2 Å². The van der Waals surface area contributed by atoms with Crippen LogP contribution in [0.2, 0.25) is 0 Å². The highest BCUT2D eigenvalue weighted by atomic mass is 16.3. The molecule has 4 nitrogen and oxygen atoms in total. The quantitative estimate of drug-likeness (QED) is 0.727. The number of ketones is 1. The van der Waals surface area contributed by atoms with Gasteiger partial charge in [0.1, 0.15) is 17.8 Å². The fraction of sp³-hybridized carbons (Fsp3) is 0.500. The third kappa shape index (κ3) is 2.22. The van der Waals surface area contributed by atoms with Gasteiger partial charge in [-0.15, -0.1) is 0 Å². The van der Waals surface area contributed by atoms with Crippen LogP contribution in [-0.2, 0) is 11.3 Å².